The number of nitrogens with two attached hydrogens (primary N) is 1. The van der Waals surface area contributed by atoms with Gasteiger partial charge in [0, 0.05) is 23.7 Å². The summed E-state index contributed by atoms with van der Waals surface area (Å²) in [6, 6.07) is 11.2. The van der Waals surface area contributed by atoms with E-state index < -0.39 is 10.0 Å². The largest absolute Gasteiger partial charge is 0.379 e. The van der Waals surface area contributed by atoms with E-state index in [0.29, 0.717) is 43.0 Å². The minimum absolute atomic E-state index is 0. The number of aliphatic imine (C=N–C) groups is 1. The molecular weight excluding hydrogens is 499 g/mol. The van der Waals surface area contributed by atoms with Gasteiger partial charge >= 0.3 is 0 Å². The number of nitrogens with one attached hydrogen (secondary N) is 1. The molecule has 7 nitrogen and oxygen atoms in total. The lowest BCUT2D eigenvalue weighted by atomic mass is 10.2. The number of hydrogen-bond donors (Lipinski definition) is 2. The lowest BCUT2D eigenvalue weighted by molar-refractivity contribution is 0.0731. The average molecular weight is 522 g/mol. The molecule has 2 heterocycles. The lowest BCUT2D eigenvalue weighted by Crippen LogP contribution is -2.40. The summed E-state index contributed by atoms with van der Waals surface area (Å²) in [5, 5.41) is 3.03. The summed E-state index contributed by atoms with van der Waals surface area (Å²) in [7, 11) is -3.46. The Labute approximate surface area is 180 Å². The Kier molecular flexibility index (Phi) is 8.04. The number of aryl methyl sites for hydroxylation is 1. The summed E-state index contributed by atoms with van der Waals surface area (Å²) in [6.07, 6.45) is 0. The van der Waals surface area contributed by atoms with Crippen molar-refractivity contribution >= 4 is 57.0 Å². The highest BCUT2D eigenvalue weighted by Gasteiger charge is 2.27. The Morgan fingerprint density at radius 1 is 1.30 bits per heavy atom. The van der Waals surface area contributed by atoms with Gasteiger partial charge in [0.1, 0.15) is 4.21 Å². The molecule has 1 fully saturated rings. The van der Waals surface area contributed by atoms with Crippen LogP contribution in [0.25, 0.3) is 0 Å². The zero-order valence-corrected chi connectivity index (χ0v) is 18.9. The van der Waals surface area contributed by atoms with E-state index in [1.807, 2.05) is 31.2 Å². The van der Waals surface area contributed by atoms with Crippen LogP contribution in [0.1, 0.15) is 10.4 Å². The van der Waals surface area contributed by atoms with Gasteiger partial charge in [0.05, 0.1) is 19.8 Å². The number of hydrogen-bond acceptors (Lipinski definition) is 5. The number of nitrogens with zero attached hydrogens (tertiary/aromatic N) is 2. The number of sulfonamides is 1. The van der Waals surface area contributed by atoms with Gasteiger partial charge < -0.3 is 15.8 Å². The van der Waals surface area contributed by atoms with Crippen LogP contribution < -0.4 is 11.1 Å². The molecule has 0 amide bonds. The molecule has 10 heteroatoms. The van der Waals surface area contributed by atoms with Crippen LogP contribution in [0, 0.1) is 6.92 Å². The molecule has 1 aromatic heterocycles. The highest BCUT2D eigenvalue weighted by molar-refractivity contribution is 14.0. The lowest BCUT2D eigenvalue weighted by Gasteiger charge is -2.25. The van der Waals surface area contributed by atoms with Crippen LogP contribution in [0.15, 0.2) is 45.6 Å². The number of halogens is 1. The van der Waals surface area contributed by atoms with Gasteiger partial charge in [0.2, 0.25) is 0 Å². The van der Waals surface area contributed by atoms with Crippen molar-refractivity contribution in [3.8, 4) is 0 Å². The number of anilines is 1. The molecule has 0 bridgehead atoms. The molecule has 0 spiro atoms. The van der Waals surface area contributed by atoms with E-state index in [9.17, 15) is 8.42 Å². The first-order valence-electron chi connectivity index (χ1n) is 8.25. The minimum atomic E-state index is -3.46. The summed E-state index contributed by atoms with van der Waals surface area (Å²) in [6.45, 7) is 3.97. The molecular formula is C17H23IN4O3S2. The van der Waals surface area contributed by atoms with E-state index in [1.54, 1.807) is 12.1 Å². The van der Waals surface area contributed by atoms with Crippen molar-refractivity contribution in [2.45, 2.75) is 17.7 Å². The van der Waals surface area contributed by atoms with Crippen molar-refractivity contribution in [3.05, 3.63) is 46.8 Å². The van der Waals surface area contributed by atoms with Crippen LogP contribution in [0.4, 0.5) is 5.69 Å². The Bertz CT molecular complexity index is 893. The van der Waals surface area contributed by atoms with Gasteiger partial charge in [0.15, 0.2) is 5.96 Å². The molecule has 0 unspecified atom stereocenters. The second kappa shape index (κ2) is 9.82. The van der Waals surface area contributed by atoms with E-state index in [0.717, 1.165) is 16.1 Å². The molecule has 0 radical (unpaired) electrons. The highest BCUT2D eigenvalue weighted by Crippen LogP contribution is 2.26. The molecule has 1 aliphatic heterocycles. The molecule has 3 rings (SSSR count). The average Bonchev–Trinajstić information content (AvgIpc) is 3.11. The highest BCUT2D eigenvalue weighted by atomic mass is 127. The third kappa shape index (κ3) is 5.88. The van der Waals surface area contributed by atoms with Crippen molar-refractivity contribution < 1.29 is 13.2 Å². The Hall–Kier alpha value is -1.21. The molecule has 0 atom stereocenters. The van der Waals surface area contributed by atoms with E-state index in [4.69, 9.17) is 10.5 Å². The first kappa shape index (κ1) is 22.1. The predicted octanol–water partition coefficient (Wildman–Crippen LogP) is 2.62. The maximum Gasteiger partial charge on any atom is 0.252 e. The van der Waals surface area contributed by atoms with Crippen molar-refractivity contribution in [2.75, 3.05) is 31.6 Å². The van der Waals surface area contributed by atoms with Crippen LogP contribution in [0.3, 0.4) is 0 Å². The van der Waals surface area contributed by atoms with Crippen LogP contribution >= 0.6 is 35.3 Å². The number of morpholine rings is 1. The molecule has 3 N–H and O–H groups in total. The van der Waals surface area contributed by atoms with Gasteiger partial charge in [-0.25, -0.2) is 13.4 Å². The van der Waals surface area contributed by atoms with Gasteiger partial charge in [-0.1, -0.05) is 12.1 Å². The summed E-state index contributed by atoms with van der Waals surface area (Å²) >= 11 is 1.22. The van der Waals surface area contributed by atoms with E-state index >= 15 is 0 Å². The SMILES string of the molecule is Cc1cccc(NC(N)=NCc2ccc(S(=O)(=O)N3CCOCC3)s2)c1.I. The molecule has 0 aliphatic carbocycles. The molecule has 27 heavy (non-hydrogen) atoms. The Morgan fingerprint density at radius 2 is 2.04 bits per heavy atom. The first-order chi connectivity index (χ1) is 12.4. The third-order valence-corrected chi connectivity index (χ3v) is 7.33. The van der Waals surface area contributed by atoms with E-state index in [-0.39, 0.29) is 24.0 Å². The van der Waals surface area contributed by atoms with Crippen molar-refractivity contribution in [1.82, 2.24) is 4.31 Å². The van der Waals surface area contributed by atoms with E-state index in [1.165, 1.54) is 15.6 Å². The van der Waals surface area contributed by atoms with Crippen molar-refractivity contribution in [1.29, 1.82) is 0 Å². The van der Waals surface area contributed by atoms with E-state index in [2.05, 4.69) is 10.3 Å². The Morgan fingerprint density at radius 3 is 2.74 bits per heavy atom. The number of guanidine groups is 1. The van der Waals surface area contributed by atoms with Gasteiger partial charge in [-0.05, 0) is 36.8 Å². The van der Waals surface area contributed by atoms with Crippen LogP contribution in [0.2, 0.25) is 0 Å². The maximum atomic E-state index is 12.6. The molecule has 1 saturated heterocycles. The number of rotatable bonds is 5. The standard InChI is InChI=1S/C17H22N4O3S2.HI/c1-13-3-2-4-14(11-13)20-17(18)19-12-15-5-6-16(25-15)26(22,23)21-7-9-24-10-8-21;/h2-6,11H,7-10,12H2,1H3,(H3,18,19,20);1H. The molecule has 0 saturated carbocycles. The predicted molar refractivity (Wildman–Crippen MR) is 119 cm³/mol. The van der Waals surface area contributed by atoms with Gasteiger partial charge in [-0.15, -0.1) is 35.3 Å². The Balaban J connectivity index is 0.00000261. The van der Waals surface area contributed by atoms with Crippen molar-refractivity contribution in [2.24, 2.45) is 10.7 Å². The first-order valence-corrected chi connectivity index (χ1v) is 10.5. The fourth-order valence-corrected chi connectivity index (χ4v) is 5.41. The fourth-order valence-electron chi connectivity index (χ4n) is 2.57. The zero-order chi connectivity index (χ0) is 18.6. The monoisotopic (exact) mass is 522 g/mol. The molecule has 148 valence electrons. The normalized spacial score (nSPS) is 16.0. The second-order valence-corrected chi connectivity index (χ2v) is 9.27. The van der Waals surface area contributed by atoms with Crippen LogP contribution in [-0.2, 0) is 21.3 Å². The smallest absolute Gasteiger partial charge is 0.252 e. The van der Waals surface area contributed by atoms with Gasteiger partial charge in [-0.2, -0.15) is 4.31 Å². The zero-order valence-electron chi connectivity index (χ0n) is 14.9. The number of thiophene rings is 1. The molecule has 1 aliphatic rings. The molecule has 1 aromatic carbocycles. The third-order valence-electron chi connectivity index (χ3n) is 3.90. The van der Waals surface area contributed by atoms with Gasteiger partial charge in [0.25, 0.3) is 10.0 Å². The second-order valence-electron chi connectivity index (χ2n) is 5.93. The fraction of sp³-hybridized carbons (Fsp3) is 0.353. The summed E-state index contributed by atoms with van der Waals surface area (Å²) in [5.74, 6) is 0.293. The number of ether oxygens (including phenoxy) is 1. The van der Waals surface area contributed by atoms with Crippen molar-refractivity contribution in [3.63, 3.8) is 0 Å². The van der Waals surface area contributed by atoms with Crippen LogP contribution in [-0.4, -0.2) is 45.0 Å². The number of benzene rings is 1. The van der Waals surface area contributed by atoms with Gasteiger partial charge in [-0.3, -0.25) is 0 Å². The molecule has 2 aromatic rings. The quantitative estimate of drug-likeness (QED) is 0.358. The topological polar surface area (TPSA) is 97.0 Å². The van der Waals surface area contributed by atoms with Crippen LogP contribution in [0.5, 0.6) is 0 Å². The summed E-state index contributed by atoms with van der Waals surface area (Å²) in [4.78, 5) is 5.13. The minimum Gasteiger partial charge on any atom is -0.379 e. The maximum absolute atomic E-state index is 12.6. The summed E-state index contributed by atoms with van der Waals surface area (Å²) in [5.41, 5.74) is 7.91. The summed E-state index contributed by atoms with van der Waals surface area (Å²) < 4.78 is 32.2.